The van der Waals surface area contributed by atoms with Crippen molar-refractivity contribution >= 4 is 30.1 Å². The molecule has 9 heteroatoms. The largest absolute Gasteiger partial charge is 0.396 e. The summed E-state index contributed by atoms with van der Waals surface area (Å²) in [7, 11) is 0. The third-order valence-electron chi connectivity index (χ3n) is 5.26. The molecule has 174 valence electrons. The Balaban J connectivity index is 1.69. The molecule has 0 atom stereocenters. The maximum absolute atomic E-state index is 14.6. The molecule has 0 bridgehead atoms. The van der Waals surface area contributed by atoms with Crippen LogP contribution in [0.4, 0.5) is 10.2 Å². The molecule has 0 fully saturated rings. The number of carbonyl (C=O) groups is 2. The van der Waals surface area contributed by atoms with E-state index in [0.29, 0.717) is 24.2 Å². The summed E-state index contributed by atoms with van der Waals surface area (Å²) >= 11 is 0. The van der Waals surface area contributed by atoms with E-state index < -0.39 is 11.7 Å². The Labute approximate surface area is 192 Å². The number of hydrogen-bond acceptors (Lipinski definition) is 6. The number of aliphatic hydroxyl groups excluding tert-OH is 1. The Kier molecular flexibility index (Phi) is 8.77. The quantitative estimate of drug-likeness (QED) is 0.345. The average molecular weight is 454 g/mol. The van der Waals surface area contributed by atoms with Gasteiger partial charge in [0, 0.05) is 25.7 Å². The Morgan fingerprint density at radius 1 is 1.27 bits per heavy atom. The van der Waals surface area contributed by atoms with Crippen molar-refractivity contribution in [3.8, 4) is 0 Å². The van der Waals surface area contributed by atoms with Gasteiger partial charge in [-0.1, -0.05) is 19.4 Å². The lowest BCUT2D eigenvalue weighted by Crippen LogP contribution is -2.36. The summed E-state index contributed by atoms with van der Waals surface area (Å²) in [6, 6.07) is 7.86. The van der Waals surface area contributed by atoms with Gasteiger partial charge in [0.15, 0.2) is 0 Å². The highest BCUT2D eigenvalue weighted by Gasteiger charge is 2.23. The molecule has 0 aliphatic carbocycles. The Morgan fingerprint density at radius 2 is 2.12 bits per heavy atom. The van der Waals surface area contributed by atoms with Crippen LogP contribution in [0.1, 0.15) is 59.8 Å². The predicted octanol–water partition coefficient (Wildman–Crippen LogP) is 3.34. The Bertz CT molecular complexity index is 1050. The van der Waals surface area contributed by atoms with Gasteiger partial charge < -0.3 is 15.3 Å². The summed E-state index contributed by atoms with van der Waals surface area (Å²) < 4.78 is 14.6. The predicted molar refractivity (Wildman–Crippen MR) is 125 cm³/mol. The summed E-state index contributed by atoms with van der Waals surface area (Å²) in [5.74, 6) is -1.17. The van der Waals surface area contributed by atoms with E-state index in [1.165, 1.54) is 18.3 Å². The van der Waals surface area contributed by atoms with E-state index in [1.807, 2.05) is 0 Å². The zero-order valence-electron chi connectivity index (χ0n) is 18.6. The van der Waals surface area contributed by atoms with Crippen LogP contribution in [0, 0.1) is 5.82 Å². The number of fused-ring (bicyclic) bond motifs is 1. The number of aliphatic hydroxyl groups is 1. The summed E-state index contributed by atoms with van der Waals surface area (Å²) in [6.45, 7) is 2.61. The number of aromatic nitrogens is 1. The van der Waals surface area contributed by atoms with Crippen LogP contribution < -0.4 is 5.32 Å². The number of unbranched alkanes of at least 4 members (excludes halogenated alkanes) is 2. The molecule has 1 aliphatic rings. The molecule has 2 N–H and O–H groups in total. The van der Waals surface area contributed by atoms with Crippen LogP contribution in [0.15, 0.2) is 40.5 Å². The molecule has 1 aromatic carbocycles. The maximum Gasteiger partial charge on any atom is 0.259 e. The van der Waals surface area contributed by atoms with Crippen molar-refractivity contribution in [3.63, 3.8) is 0 Å². The van der Waals surface area contributed by atoms with E-state index in [0.717, 1.165) is 24.8 Å². The topological polar surface area (TPSA) is 107 Å². The van der Waals surface area contributed by atoms with Crippen LogP contribution in [0.2, 0.25) is 0 Å². The molecule has 2 heterocycles. The minimum atomic E-state index is -0.631. The van der Waals surface area contributed by atoms with Crippen LogP contribution in [0.25, 0.3) is 0 Å². The van der Waals surface area contributed by atoms with Crippen LogP contribution in [-0.4, -0.2) is 52.4 Å². The highest BCUT2D eigenvalue weighted by atomic mass is 19.1. The third-order valence-corrected chi connectivity index (χ3v) is 5.26. The minimum Gasteiger partial charge on any atom is -0.396 e. The van der Waals surface area contributed by atoms with Gasteiger partial charge in [0.25, 0.3) is 5.91 Å². The fraction of sp³-hybridized carbons (Fsp3) is 0.375. The van der Waals surface area contributed by atoms with Crippen molar-refractivity contribution in [1.29, 1.82) is 0 Å². The minimum absolute atomic E-state index is 0.0409. The van der Waals surface area contributed by atoms with Gasteiger partial charge in [0.2, 0.25) is 5.91 Å². The number of pyridine rings is 1. The summed E-state index contributed by atoms with van der Waals surface area (Å²) in [5.41, 5.74) is 1.87. The molecular formula is C24H28FN5O3. The SMILES string of the molecule is CCCC/C=N/N=C/c1cccc(NC(=O)c2cc3c(cc2F)CCN(C(=O)CCO)C3)n1. The van der Waals surface area contributed by atoms with Gasteiger partial charge in [-0.3, -0.25) is 9.59 Å². The second-order valence-electron chi connectivity index (χ2n) is 7.73. The zero-order valence-corrected chi connectivity index (χ0v) is 18.6. The number of nitrogens with one attached hydrogen (secondary N) is 1. The second-order valence-corrected chi connectivity index (χ2v) is 7.73. The molecule has 2 aromatic rings. The van der Waals surface area contributed by atoms with Crippen LogP contribution >= 0.6 is 0 Å². The van der Waals surface area contributed by atoms with Gasteiger partial charge in [-0.15, -0.1) is 0 Å². The Hall–Kier alpha value is -3.46. The summed E-state index contributed by atoms with van der Waals surface area (Å²) in [5, 5.41) is 19.5. The van der Waals surface area contributed by atoms with Gasteiger partial charge in [0.1, 0.15) is 11.6 Å². The van der Waals surface area contributed by atoms with Crippen molar-refractivity contribution in [3.05, 3.63) is 58.5 Å². The van der Waals surface area contributed by atoms with Crippen molar-refractivity contribution in [1.82, 2.24) is 9.88 Å². The van der Waals surface area contributed by atoms with E-state index in [4.69, 9.17) is 5.11 Å². The average Bonchev–Trinajstić information content (AvgIpc) is 2.81. The van der Waals surface area contributed by atoms with Gasteiger partial charge >= 0.3 is 0 Å². The summed E-state index contributed by atoms with van der Waals surface area (Å²) in [6.07, 6.45) is 6.75. The smallest absolute Gasteiger partial charge is 0.259 e. The van der Waals surface area contributed by atoms with E-state index in [-0.39, 0.29) is 36.9 Å². The molecule has 0 saturated heterocycles. The molecule has 0 radical (unpaired) electrons. The monoisotopic (exact) mass is 453 g/mol. The molecule has 2 amide bonds. The number of amides is 2. The molecule has 0 saturated carbocycles. The number of halogens is 1. The first-order chi connectivity index (χ1) is 16.0. The van der Waals surface area contributed by atoms with Crippen LogP contribution in [0.5, 0.6) is 0 Å². The first-order valence-electron chi connectivity index (χ1n) is 11.0. The standard InChI is InChI=1S/C24H28FN5O3/c1-2-3-4-10-26-27-15-19-6-5-7-22(28-19)29-24(33)20-13-18-16-30(23(32)9-12-31)11-8-17(18)14-21(20)25/h5-7,10,13-15,31H,2-4,8-9,11-12,16H2,1H3,(H,28,29,33)/b26-10+,27-15+. The van der Waals surface area contributed by atoms with E-state index in [2.05, 4.69) is 27.4 Å². The highest BCUT2D eigenvalue weighted by Crippen LogP contribution is 2.24. The number of anilines is 1. The lowest BCUT2D eigenvalue weighted by Gasteiger charge is -2.29. The van der Waals surface area contributed by atoms with Crippen molar-refractivity contribution in [2.75, 3.05) is 18.5 Å². The van der Waals surface area contributed by atoms with Crippen molar-refractivity contribution in [2.45, 2.75) is 45.6 Å². The van der Waals surface area contributed by atoms with E-state index in [9.17, 15) is 14.0 Å². The highest BCUT2D eigenvalue weighted by molar-refractivity contribution is 6.04. The molecule has 1 aliphatic heterocycles. The first kappa shape index (κ1) is 24.2. The van der Waals surface area contributed by atoms with Gasteiger partial charge in [0.05, 0.1) is 24.1 Å². The fourth-order valence-electron chi connectivity index (χ4n) is 3.49. The van der Waals surface area contributed by atoms with Gasteiger partial charge in [-0.2, -0.15) is 10.2 Å². The van der Waals surface area contributed by atoms with Gasteiger partial charge in [-0.05, 0) is 54.7 Å². The summed E-state index contributed by atoms with van der Waals surface area (Å²) in [4.78, 5) is 30.7. The number of rotatable bonds is 9. The lowest BCUT2D eigenvalue weighted by molar-refractivity contribution is -0.132. The third kappa shape index (κ3) is 6.76. The van der Waals surface area contributed by atoms with Crippen molar-refractivity contribution < 1.29 is 19.1 Å². The molecule has 33 heavy (non-hydrogen) atoms. The van der Waals surface area contributed by atoms with Gasteiger partial charge in [-0.25, -0.2) is 9.37 Å². The molecular weight excluding hydrogens is 425 g/mol. The Morgan fingerprint density at radius 3 is 2.91 bits per heavy atom. The maximum atomic E-state index is 14.6. The van der Waals surface area contributed by atoms with Crippen LogP contribution in [-0.2, 0) is 17.8 Å². The number of carbonyl (C=O) groups excluding carboxylic acids is 2. The normalized spacial score (nSPS) is 13.5. The molecule has 3 rings (SSSR count). The number of nitrogens with zero attached hydrogens (tertiary/aromatic N) is 4. The zero-order chi connectivity index (χ0) is 23.6. The van der Waals surface area contributed by atoms with Crippen LogP contribution in [0.3, 0.4) is 0 Å². The molecule has 0 unspecified atom stereocenters. The molecule has 1 aromatic heterocycles. The van der Waals surface area contributed by atoms with E-state index >= 15 is 0 Å². The van der Waals surface area contributed by atoms with Crippen molar-refractivity contribution in [2.24, 2.45) is 10.2 Å². The molecule has 8 nitrogen and oxygen atoms in total. The number of hydrogen-bond donors (Lipinski definition) is 2. The lowest BCUT2D eigenvalue weighted by atomic mass is 9.96. The number of benzene rings is 1. The fourth-order valence-corrected chi connectivity index (χ4v) is 3.49. The second kappa shape index (κ2) is 12.0. The first-order valence-corrected chi connectivity index (χ1v) is 11.0. The van der Waals surface area contributed by atoms with E-state index in [1.54, 1.807) is 29.3 Å². The molecule has 0 spiro atoms.